The molecule has 0 amide bonds. The van der Waals surface area contributed by atoms with Gasteiger partial charge >= 0.3 is 0 Å². The molecule has 0 saturated heterocycles. The van der Waals surface area contributed by atoms with Gasteiger partial charge in [0.05, 0.1) is 0 Å². The van der Waals surface area contributed by atoms with Crippen LogP contribution in [0.2, 0.25) is 0 Å². The van der Waals surface area contributed by atoms with Gasteiger partial charge in [-0.2, -0.15) is 0 Å². The minimum absolute atomic E-state index is 0.276. The predicted octanol–water partition coefficient (Wildman–Crippen LogP) is 2.65. The number of nitrogens with zero attached hydrogens (tertiary/aromatic N) is 2. The third-order valence-corrected chi connectivity index (χ3v) is 3.18. The van der Waals surface area contributed by atoms with Crippen LogP contribution >= 0.6 is 0 Å². The van der Waals surface area contributed by atoms with Crippen LogP contribution in [0.4, 0.5) is 5.95 Å². The highest BCUT2D eigenvalue weighted by Crippen LogP contribution is 2.31. The van der Waals surface area contributed by atoms with Crippen LogP contribution in [0.3, 0.4) is 0 Å². The Morgan fingerprint density at radius 3 is 2.86 bits per heavy atom. The molecule has 3 nitrogen and oxygen atoms in total. The first-order valence-electron chi connectivity index (χ1n) is 5.53. The lowest BCUT2D eigenvalue weighted by Crippen LogP contribution is -2.32. The second-order valence-electron chi connectivity index (χ2n) is 4.43. The quantitative estimate of drug-likeness (QED) is 0.799. The first kappa shape index (κ1) is 9.56. The van der Waals surface area contributed by atoms with E-state index in [0.29, 0.717) is 0 Å². The minimum atomic E-state index is 0.276. The number of hydrogen-bond donors (Lipinski definition) is 1. The van der Waals surface area contributed by atoms with Crippen LogP contribution in [-0.2, 0) is 6.54 Å². The summed E-state index contributed by atoms with van der Waals surface area (Å²) in [7, 11) is 0. The van der Waals surface area contributed by atoms with Crippen molar-refractivity contribution >= 4 is 5.95 Å². The van der Waals surface area contributed by atoms with Crippen LogP contribution < -0.4 is 5.32 Å². The number of anilines is 1. The molecule has 1 heterocycles. The largest absolute Gasteiger partial charge is 0.351 e. The lowest BCUT2D eigenvalue weighted by atomic mass is 10.0. The summed E-state index contributed by atoms with van der Waals surface area (Å²) < 4.78 is 2.16. The lowest BCUT2D eigenvalue weighted by molar-refractivity contribution is 0.522. The first-order chi connectivity index (χ1) is 6.73. The number of aromatic nitrogens is 2. The van der Waals surface area contributed by atoms with Crippen LogP contribution in [0.25, 0.3) is 0 Å². The molecular formula is C11H19N3. The SMILES string of the molecule is CCn1ccnc1NC1(C)CCCC1. The molecule has 3 heteroatoms. The molecule has 0 aromatic carbocycles. The summed E-state index contributed by atoms with van der Waals surface area (Å²) in [6.45, 7) is 5.43. The smallest absolute Gasteiger partial charge is 0.203 e. The van der Waals surface area contributed by atoms with Gasteiger partial charge in [0.15, 0.2) is 0 Å². The van der Waals surface area contributed by atoms with Crippen molar-refractivity contribution in [3.05, 3.63) is 12.4 Å². The van der Waals surface area contributed by atoms with E-state index in [1.165, 1.54) is 25.7 Å². The van der Waals surface area contributed by atoms with E-state index in [-0.39, 0.29) is 5.54 Å². The summed E-state index contributed by atoms with van der Waals surface area (Å²) in [5, 5.41) is 3.57. The van der Waals surface area contributed by atoms with E-state index in [0.717, 1.165) is 12.5 Å². The lowest BCUT2D eigenvalue weighted by Gasteiger charge is -2.26. The van der Waals surface area contributed by atoms with Crippen LogP contribution in [0, 0.1) is 0 Å². The van der Waals surface area contributed by atoms with E-state index in [1.807, 2.05) is 12.4 Å². The maximum atomic E-state index is 4.35. The Bertz CT molecular complexity index is 297. The van der Waals surface area contributed by atoms with E-state index in [2.05, 4.69) is 28.7 Å². The molecule has 1 saturated carbocycles. The Hall–Kier alpha value is -0.990. The van der Waals surface area contributed by atoms with Crippen molar-refractivity contribution in [2.45, 2.75) is 51.6 Å². The predicted molar refractivity (Wildman–Crippen MR) is 58.4 cm³/mol. The molecule has 0 spiro atoms. The first-order valence-corrected chi connectivity index (χ1v) is 5.53. The summed E-state index contributed by atoms with van der Waals surface area (Å²) >= 11 is 0. The Morgan fingerprint density at radius 2 is 2.21 bits per heavy atom. The standard InChI is InChI=1S/C11H19N3/c1-3-14-9-8-12-10(14)13-11(2)6-4-5-7-11/h8-9H,3-7H2,1-2H3,(H,12,13). The molecular weight excluding hydrogens is 174 g/mol. The molecule has 1 N–H and O–H groups in total. The summed E-state index contributed by atoms with van der Waals surface area (Å²) in [5.41, 5.74) is 0.276. The molecule has 1 aliphatic rings. The summed E-state index contributed by atoms with van der Waals surface area (Å²) in [6.07, 6.45) is 9.12. The fourth-order valence-corrected chi connectivity index (χ4v) is 2.24. The summed E-state index contributed by atoms with van der Waals surface area (Å²) in [4.78, 5) is 4.35. The normalized spacial score (nSPS) is 19.9. The molecule has 1 aromatic heterocycles. The van der Waals surface area contributed by atoms with Gasteiger partial charge in [0, 0.05) is 24.5 Å². The second-order valence-corrected chi connectivity index (χ2v) is 4.43. The van der Waals surface area contributed by atoms with Gasteiger partial charge in [-0.1, -0.05) is 12.8 Å². The molecule has 2 rings (SSSR count). The number of hydrogen-bond acceptors (Lipinski definition) is 2. The zero-order chi connectivity index (χ0) is 10.0. The summed E-state index contributed by atoms with van der Waals surface area (Å²) in [5.74, 6) is 1.02. The fourth-order valence-electron chi connectivity index (χ4n) is 2.24. The molecule has 1 aliphatic carbocycles. The maximum Gasteiger partial charge on any atom is 0.203 e. The van der Waals surface area contributed by atoms with Gasteiger partial charge in [0.1, 0.15) is 0 Å². The maximum absolute atomic E-state index is 4.35. The number of imidazole rings is 1. The van der Waals surface area contributed by atoms with Crippen molar-refractivity contribution < 1.29 is 0 Å². The van der Waals surface area contributed by atoms with Crippen molar-refractivity contribution in [3.63, 3.8) is 0 Å². The van der Waals surface area contributed by atoms with Crippen LogP contribution in [0.5, 0.6) is 0 Å². The zero-order valence-corrected chi connectivity index (χ0v) is 9.08. The fraction of sp³-hybridized carbons (Fsp3) is 0.727. The number of rotatable bonds is 3. The average Bonchev–Trinajstić information content (AvgIpc) is 2.75. The molecule has 0 radical (unpaired) electrons. The van der Waals surface area contributed by atoms with Crippen molar-refractivity contribution in [2.75, 3.05) is 5.32 Å². The van der Waals surface area contributed by atoms with Gasteiger partial charge in [-0.25, -0.2) is 4.98 Å². The molecule has 1 fully saturated rings. The zero-order valence-electron chi connectivity index (χ0n) is 9.08. The van der Waals surface area contributed by atoms with Crippen LogP contribution in [-0.4, -0.2) is 15.1 Å². The van der Waals surface area contributed by atoms with E-state index < -0.39 is 0 Å². The number of aryl methyl sites for hydroxylation is 1. The van der Waals surface area contributed by atoms with E-state index in [9.17, 15) is 0 Å². The highest BCUT2D eigenvalue weighted by Gasteiger charge is 2.29. The third-order valence-electron chi connectivity index (χ3n) is 3.18. The topological polar surface area (TPSA) is 29.9 Å². The van der Waals surface area contributed by atoms with Crippen molar-refractivity contribution in [1.82, 2.24) is 9.55 Å². The highest BCUT2D eigenvalue weighted by atomic mass is 15.2. The molecule has 0 bridgehead atoms. The van der Waals surface area contributed by atoms with Crippen LogP contribution in [0.15, 0.2) is 12.4 Å². The Morgan fingerprint density at radius 1 is 1.50 bits per heavy atom. The molecule has 0 atom stereocenters. The van der Waals surface area contributed by atoms with E-state index in [1.54, 1.807) is 0 Å². The Kier molecular flexibility index (Phi) is 2.48. The monoisotopic (exact) mass is 193 g/mol. The van der Waals surface area contributed by atoms with Gasteiger partial charge in [0.2, 0.25) is 5.95 Å². The second kappa shape index (κ2) is 3.64. The Labute approximate surface area is 85.5 Å². The van der Waals surface area contributed by atoms with Crippen molar-refractivity contribution in [2.24, 2.45) is 0 Å². The van der Waals surface area contributed by atoms with E-state index in [4.69, 9.17) is 0 Å². The van der Waals surface area contributed by atoms with Gasteiger partial charge in [0.25, 0.3) is 0 Å². The van der Waals surface area contributed by atoms with Gasteiger partial charge in [-0.15, -0.1) is 0 Å². The number of nitrogens with one attached hydrogen (secondary N) is 1. The van der Waals surface area contributed by atoms with E-state index >= 15 is 0 Å². The van der Waals surface area contributed by atoms with Crippen molar-refractivity contribution in [1.29, 1.82) is 0 Å². The van der Waals surface area contributed by atoms with Gasteiger partial charge < -0.3 is 9.88 Å². The molecule has 14 heavy (non-hydrogen) atoms. The third kappa shape index (κ3) is 1.76. The molecule has 0 aliphatic heterocycles. The molecule has 78 valence electrons. The minimum Gasteiger partial charge on any atom is -0.351 e. The Balaban J connectivity index is 2.09. The van der Waals surface area contributed by atoms with Gasteiger partial charge in [-0.3, -0.25) is 0 Å². The van der Waals surface area contributed by atoms with Gasteiger partial charge in [-0.05, 0) is 26.7 Å². The molecule has 1 aromatic rings. The van der Waals surface area contributed by atoms with Crippen LogP contribution in [0.1, 0.15) is 39.5 Å². The molecule has 0 unspecified atom stereocenters. The highest BCUT2D eigenvalue weighted by molar-refractivity contribution is 5.30. The summed E-state index contributed by atoms with van der Waals surface area (Å²) in [6, 6.07) is 0. The average molecular weight is 193 g/mol. The van der Waals surface area contributed by atoms with Crippen molar-refractivity contribution in [3.8, 4) is 0 Å².